The molecule has 0 aliphatic carbocycles. The molecular weight excluding hydrogens is 206 g/mol. The van der Waals surface area contributed by atoms with E-state index in [4.69, 9.17) is 5.84 Å². The number of carbonyl (C=O) groups excluding carboxylic acids is 1. The van der Waals surface area contributed by atoms with Crippen LogP contribution in [0.3, 0.4) is 0 Å². The minimum absolute atomic E-state index is 0.120. The van der Waals surface area contributed by atoms with Gasteiger partial charge in [-0.2, -0.15) is 0 Å². The Hall–Kier alpha value is -0.660. The highest BCUT2D eigenvalue weighted by Gasteiger charge is 2.27. The second kappa shape index (κ2) is 4.24. The van der Waals surface area contributed by atoms with Crippen molar-refractivity contribution in [3.63, 3.8) is 0 Å². The van der Waals surface area contributed by atoms with Gasteiger partial charge < -0.3 is 0 Å². The third-order valence-corrected chi connectivity index (χ3v) is 4.06. The zero-order valence-electron chi connectivity index (χ0n) is 8.06. The summed E-state index contributed by atoms with van der Waals surface area (Å²) in [5, 5.41) is 0. The maximum Gasteiger partial charge on any atom is 0.250 e. The van der Waals surface area contributed by atoms with Gasteiger partial charge in [0.1, 0.15) is 0 Å². The standard InChI is InChI=1S/C7H15N3O3S/c1-6(7(11)9-8)10-2-4-14(12,13)5-3-10/h6H,2-5,8H2,1H3,(H,9,11). The quantitative estimate of drug-likeness (QED) is 0.323. The van der Waals surface area contributed by atoms with E-state index in [2.05, 4.69) is 5.43 Å². The molecule has 1 aliphatic heterocycles. The van der Waals surface area contributed by atoms with Crippen molar-refractivity contribution in [1.29, 1.82) is 0 Å². The third kappa shape index (κ3) is 2.66. The first kappa shape index (κ1) is 11.4. The Bertz CT molecular complexity index is 300. The molecule has 1 amide bonds. The van der Waals surface area contributed by atoms with E-state index < -0.39 is 9.84 Å². The lowest BCUT2D eigenvalue weighted by molar-refractivity contribution is -0.125. The second-order valence-corrected chi connectivity index (χ2v) is 5.68. The Kier molecular flexibility index (Phi) is 3.46. The van der Waals surface area contributed by atoms with Crippen molar-refractivity contribution in [2.75, 3.05) is 24.6 Å². The van der Waals surface area contributed by atoms with Crippen LogP contribution in [-0.4, -0.2) is 49.9 Å². The number of sulfone groups is 1. The molecule has 0 saturated carbocycles. The normalized spacial score (nSPS) is 24.1. The van der Waals surface area contributed by atoms with Gasteiger partial charge in [0.2, 0.25) is 0 Å². The van der Waals surface area contributed by atoms with Gasteiger partial charge in [0, 0.05) is 13.1 Å². The third-order valence-electron chi connectivity index (χ3n) is 2.45. The smallest absolute Gasteiger partial charge is 0.250 e. The van der Waals surface area contributed by atoms with Crippen LogP contribution in [0, 0.1) is 0 Å². The maximum absolute atomic E-state index is 11.1. The van der Waals surface area contributed by atoms with E-state index in [1.807, 2.05) is 4.90 Å². The van der Waals surface area contributed by atoms with Crippen LogP contribution in [0.15, 0.2) is 0 Å². The van der Waals surface area contributed by atoms with Crippen molar-refractivity contribution in [3.8, 4) is 0 Å². The van der Waals surface area contributed by atoms with Crippen molar-refractivity contribution in [1.82, 2.24) is 10.3 Å². The van der Waals surface area contributed by atoms with Crippen LogP contribution in [0.2, 0.25) is 0 Å². The number of hydrogen-bond acceptors (Lipinski definition) is 5. The molecule has 1 aliphatic rings. The highest BCUT2D eigenvalue weighted by atomic mass is 32.2. The lowest BCUT2D eigenvalue weighted by Crippen LogP contribution is -2.52. The van der Waals surface area contributed by atoms with E-state index in [-0.39, 0.29) is 23.5 Å². The van der Waals surface area contributed by atoms with E-state index in [9.17, 15) is 13.2 Å². The number of nitrogens with one attached hydrogen (secondary N) is 1. The summed E-state index contributed by atoms with van der Waals surface area (Å²) in [4.78, 5) is 13.0. The van der Waals surface area contributed by atoms with Crippen molar-refractivity contribution >= 4 is 15.7 Å². The largest absolute Gasteiger partial charge is 0.293 e. The molecule has 1 fully saturated rings. The molecule has 3 N–H and O–H groups in total. The second-order valence-electron chi connectivity index (χ2n) is 3.37. The number of rotatable bonds is 2. The summed E-state index contributed by atoms with van der Waals surface area (Å²) in [5.74, 6) is 4.94. The molecular formula is C7H15N3O3S. The van der Waals surface area contributed by atoms with Gasteiger partial charge in [-0.05, 0) is 6.92 Å². The molecule has 0 radical (unpaired) electrons. The van der Waals surface area contributed by atoms with Gasteiger partial charge in [0.25, 0.3) is 5.91 Å². The number of nitrogens with zero attached hydrogens (tertiary/aromatic N) is 1. The topological polar surface area (TPSA) is 92.5 Å². The minimum Gasteiger partial charge on any atom is -0.293 e. The molecule has 0 spiro atoms. The summed E-state index contributed by atoms with van der Waals surface area (Å²) < 4.78 is 22.2. The molecule has 6 nitrogen and oxygen atoms in total. The van der Waals surface area contributed by atoms with Crippen LogP contribution in [0.5, 0.6) is 0 Å². The van der Waals surface area contributed by atoms with Gasteiger partial charge in [-0.1, -0.05) is 0 Å². The molecule has 1 heterocycles. The summed E-state index contributed by atoms with van der Waals surface area (Å²) in [6.45, 7) is 2.51. The first-order valence-electron chi connectivity index (χ1n) is 4.41. The van der Waals surface area contributed by atoms with Crippen molar-refractivity contribution in [2.24, 2.45) is 5.84 Å². The molecule has 0 aromatic carbocycles. The SMILES string of the molecule is CC(C(=O)NN)N1CCS(=O)(=O)CC1. The lowest BCUT2D eigenvalue weighted by Gasteiger charge is -2.30. The van der Waals surface area contributed by atoms with E-state index in [1.165, 1.54) is 0 Å². The minimum atomic E-state index is -2.89. The van der Waals surface area contributed by atoms with Crippen LogP contribution in [-0.2, 0) is 14.6 Å². The number of hydrogen-bond donors (Lipinski definition) is 2. The molecule has 82 valence electrons. The fourth-order valence-corrected chi connectivity index (χ4v) is 2.63. The Labute approximate surface area is 83.3 Å². The monoisotopic (exact) mass is 221 g/mol. The van der Waals surface area contributed by atoms with Gasteiger partial charge >= 0.3 is 0 Å². The first-order chi connectivity index (χ1) is 6.46. The summed E-state index contributed by atoms with van der Waals surface area (Å²) in [7, 11) is -2.89. The Morgan fingerprint density at radius 2 is 1.93 bits per heavy atom. The average molecular weight is 221 g/mol. The van der Waals surface area contributed by atoms with Crippen molar-refractivity contribution < 1.29 is 13.2 Å². The van der Waals surface area contributed by atoms with E-state index in [1.54, 1.807) is 6.92 Å². The summed E-state index contributed by atoms with van der Waals surface area (Å²) in [6.07, 6.45) is 0. The summed E-state index contributed by atoms with van der Waals surface area (Å²) >= 11 is 0. The van der Waals surface area contributed by atoms with Gasteiger partial charge in [-0.15, -0.1) is 0 Å². The van der Waals surface area contributed by atoms with E-state index >= 15 is 0 Å². The van der Waals surface area contributed by atoms with Crippen LogP contribution in [0.4, 0.5) is 0 Å². The summed E-state index contributed by atoms with van der Waals surface area (Å²) in [5.41, 5.74) is 2.05. The molecule has 0 bridgehead atoms. The van der Waals surface area contributed by atoms with Crippen LogP contribution >= 0.6 is 0 Å². The fraction of sp³-hybridized carbons (Fsp3) is 0.857. The van der Waals surface area contributed by atoms with Gasteiger partial charge in [0.15, 0.2) is 9.84 Å². The highest BCUT2D eigenvalue weighted by Crippen LogP contribution is 2.07. The molecule has 14 heavy (non-hydrogen) atoms. The molecule has 0 aromatic rings. The van der Waals surface area contributed by atoms with Gasteiger partial charge in [-0.3, -0.25) is 15.1 Å². The molecule has 1 saturated heterocycles. The number of amides is 1. The van der Waals surface area contributed by atoms with Crippen molar-refractivity contribution in [3.05, 3.63) is 0 Å². The molecule has 1 rings (SSSR count). The zero-order chi connectivity index (χ0) is 10.8. The Morgan fingerprint density at radius 1 is 1.43 bits per heavy atom. The molecule has 0 aromatic heterocycles. The fourth-order valence-electron chi connectivity index (χ4n) is 1.40. The Balaban J connectivity index is 2.53. The van der Waals surface area contributed by atoms with E-state index in [0.29, 0.717) is 13.1 Å². The van der Waals surface area contributed by atoms with Crippen LogP contribution < -0.4 is 11.3 Å². The number of carbonyl (C=O) groups is 1. The van der Waals surface area contributed by atoms with Crippen LogP contribution in [0.1, 0.15) is 6.92 Å². The average Bonchev–Trinajstić information content (AvgIpc) is 2.15. The first-order valence-corrected chi connectivity index (χ1v) is 6.23. The van der Waals surface area contributed by atoms with Gasteiger partial charge in [-0.25, -0.2) is 14.3 Å². The Morgan fingerprint density at radius 3 is 2.36 bits per heavy atom. The maximum atomic E-state index is 11.1. The molecule has 7 heteroatoms. The summed E-state index contributed by atoms with van der Waals surface area (Å²) in [6, 6.07) is -0.365. The molecule has 1 atom stereocenters. The molecule has 1 unspecified atom stereocenters. The predicted octanol–water partition coefficient (Wildman–Crippen LogP) is -1.90. The van der Waals surface area contributed by atoms with Crippen LogP contribution in [0.25, 0.3) is 0 Å². The number of nitrogens with two attached hydrogens (primary N) is 1. The van der Waals surface area contributed by atoms with Crippen molar-refractivity contribution in [2.45, 2.75) is 13.0 Å². The van der Waals surface area contributed by atoms with Gasteiger partial charge in [0.05, 0.1) is 17.5 Å². The highest BCUT2D eigenvalue weighted by molar-refractivity contribution is 7.91. The number of hydrazine groups is 1. The zero-order valence-corrected chi connectivity index (χ0v) is 8.88. The lowest BCUT2D eigenvalue weighted by atomic mass is 10.2. The van der Waals surface area contributed by atoms with E-state index in [0.717, 1.165) is 0 Å². The predicted molar refractivity (Wildman–Crippen MR) is 52.0 cm³/mol.